The number of anilines is 2. The molecule has 3 aromatic rings. The predicted octanol–water partition coefficient (Wildman–Crippen LogP) is 3.70. The van der Waals surface area contributed by atoms with Crippen LogP contribution in [0.4, 0.5) is 15.1 Å². The fourth-order valence-corrected chi connectivity index (χ4v) is 3.97. The third-order valence-electron chi connectivity index (χ3n) is 3.72. The number of nitrogens with one attached hydrogen (secondary N) is 2. The van der Waals surface area contributed by atoms with Gasteiger partial charge in [-0.25, -0.2) is 12.8 Å². The van der Waals surface area contributed by atoms with Crippen LogP contribution >= 0.6 is 11.3 Å². The first-order valence-corrected chi connectivity index (χ1v) is 10.6. The highest BCUT2D eigenvalue weighted by Gasteiger charge is 2.19. The molecule has 0 spiro atoms. The lowest BCUT2D eigenvalue weighted by Gasteiger charge is -2.08. The summed E-state index contributed by atoms with van der Waals surface area (Å²) in [7, 11) is -3.55. The van der Waals surface area contributed by atoms with Gasteiger partial charge in [0.05, 0.1) is 26.7 Å². The van der Waals surface area contributed by atoms with Gasteiger partial charge in [0, 0.05) is 6.26 Å². The van der Waals surface area contributed by atoms with Crippen molar-refractivity contribution in [3.8, 4) is 0 Å². The molecule has 146 valence electrons. The number of furan rings is 1. The van der Waals surface area contributed by atoms with Crippen LogP contribution in [0.15, 0.2) is 52.0 Å². The second-order valence-corrected chi connectivity index (χ2v) is 8.99. The molecule has 2 heterocycles. The Bertz CT molecular complexity index is 1150. The number of aryl methyl sites for hydroxylation is 1. The van der Waals surface area contributed by atoms with E-state index in [1.165, 1.54) is 12.3 Å². The van der Waals surface area contributed by atoms with Gasteiger partial charge in [-0.3, -0.25) is 9.59 Å². The van der Waals surface area contributed by atoms with Crippen LogP contribution in [0.5, 0.6) is 0 Å². The molecule has 0 saturated heterocycles. The molecule has 0 unspecified atom stereocenters. The standard InChI is InChI=1S/C18H15FN2O5S2/c1-10-8-15(21-17(22)14-4-3-7-26-14)27-16(10)18(23)20-13-9-11(28(2,24)25)5-6-12(13)19/h3-9H,1-2H3,(H,20,23)(H,21,22). The molecule has 28 heavy (non-hydrogen) atoms. The Hall–Kier alpha value is -2.98. The van der Waals surface area contributed by atoms with Crippen molar-refractivity contribution in [1.82, 2.24) is 0 Å². The van der Waals surface area contributed by atoms with Crippen LogP contribution in [0.25, 0.3) is 0 Å². The average molecular weight is 422 g/mol. The number of carbonyl (C=O) groups is 2. The quantitative estimate of drug-likeness (QED) is 0.610. The lowest BCUT2D eigenvalue weighted by molar-refractivity contribution is 0.0995. The van der Waals surface area contributed by atoms with E-state index >= 15 is 0 Å². The molecule has 0 aliphatic heterocycles. The maximum atomic E-state index is 14.0. The van der Waals surface area contributed by atoms with Crippen molar-refractivity contribution in [1.29, 1.82) is 0 Å². The van der Waals surface area contributed by atoms with E-state index < -0.39 is 27.5 Å². The van der Waals surface area contributed by atoms with E-state index in [-0.39, 0.29) is 21.2 Å². The second-order valence-electron chi connectivity index (χ2n) is 5.92. The van der Waals surface area contributed by atoms with E-state index in [1.54, 1.807) is 19.1 Å². The van der Waals surface area contributed by atoms with Gasteiger partial charge >= 0.3 is 0 Å². The highest BCUT2D eigenvalue weighted by atomic mass is 32.2. The summed E-state index contributed by atoms with van der Waals surface area (Å²) in [6.45, 7) is 1.66. The molecule has 10 heteroatoms. The summed E-state index contributed by atoms with van der Waals surface area (Å²) in [6, 6.07) is 7.84. The Morgan fingerprint density at radius 3 is 2.50 bits per heavy atom. The van der Waals surface area contributed by atoms with Gasteiger partial charge in [-0.1, -0.05) is 0 Å². The Kier molecular flexibility index (Phi) is 5.34. The molecule has 2 aromatic heterocycles. The van der Waals surface area contributed by atoms with Crippen molar-refractivity contribution in [3.63, 3.8) is 0 Å². The molecular weight excluding hydrogens is 407 g/mol. The van der Waals surface area contributed by atoms with E-state index in [9.17, 15) is 22.4 Å². The van der Waals surface area contributed by atoms with Gasteiger partial charge in [-0.15, -0.1) is 11.3 Å². The maximum absolute atomic E-state index is 14.0. The summed E-state index contributed by atoms with van der Waals surface area (Å²) in [6.07, 6.45) is 2.36. The average Bonchev–Trinajstić information content (AvgIpc) is 3.25. The number of hydrogen-bond acceptors (Lipinski definition) is 6. The van der Waals surface area contributed by atoms with E-state index in [4.69, 9.17) is 4.42 Å². The highest BCUT2D eigenvalue weighted by molar-refractivity contribution is 7.90. The Morgan fingerprint density at radius 2 is 1.86 bits per heavy atom. The number of carbonyl (C=O) groups excluding carboxylic acids is 2. The highest BCUT2D eigenvalue weighted by Crippen LogP contribution is 2.29. The van der Waals surface area contributed by atoms with Crippen LogP contribution in [-0.4, -0.2) is 26.5 Å². The first-order chi connectivity index (χ1) is 13.1. The van der Waals surface area contributed by atoms with E-state index in [0.717, 1.165) is 35.8 Å². The minimum Gasteiger partial charge on any atom is -0.459 e. The van der Waals surface area contributed by atoms with E-state index in [0.29, 0.717) is 10.6 Å². The van der Waals surface area contributed by atoms with Crippen LogP contribution in [0.3, 0.4) is 0 Å². The topological polar surface area (TPSA) is 105 Å². The number of halogens is 1. The molecule has 1 aromatic carbocycles. The van der Waals surface area contributed by atoms with E-state index in [1.807, 2.05) is 0 Å². The summed E-state index contributed by atoms with van der Waals surface area (Å²) in [5, 5.41) is 5.40. The second kappa shape index (κ2) is 7.56. The molecule has 0 radical (unpaired) electrons. The molecular formula is C18H15FN2O5S2. The zero-order valence-corrected chi connectivity index (χ0v) is 16.4. The van der Waals surface area contributed by atoms with Crippen molar-refractivity contribution in [2.75, 3.05) is 16.9 Å². The van der Waals surface area contributed by atoms with Crippen LogP contribution in [0.1, 0.15) is 25.8 Å². The van der Waals surface area contributed by atoms with Gasteiger partial charge in [0.25, 0.3) is 11.8 Å². The molecule has 0 bridgehead atoms. The lowest BCUT2D eigenvalue weighted by Crippen LogP contribution is -2.13. The van der Waals surface area contributed by atoms with Crippen LogP contribution < -0.4 is 10.6 Å². The van der Waals surface area contributed by atoms with Gasteiger partial charge in [0.1, 0.15) is 5.82 Å². The Morgan fingerprint density at radius 1 is 1.11 bits per heavy atom. The van der Waals surface area contributed by atoms with Crippen LogP contribution in [-0.2, 0) is 9.84 Å². The molecule has 3 rings (SSSR count). The number of amides is 2. The van der Waals surface area contributed by atoms with Crippen LogP contribution in [0, 0.1) is 12.7 Å². The number of sulfone groups is 1. The minimum atomic E-state index is -3.55. The maximum Gasteiger partial charge on any atom is 0.291 e. The van der Waals surface area contributed by atoms with Crippen molar-refractivity contribution < 1.29 is 26.8 Å². The predicted molar refractivity (Wildman–Crippen MR) is 103 cm³/mol. The first kappa shape index (κ1) is 19.8. The molecule has 0 aliphatic rings. The van der Waals surface area contributed by atoms with Crippen LogP contribution in [0.2, 0.25) is 0 Å². The number of benzene rings is 1. The smallest absolute Gasteiger partial charge is 0.291 e. The third kappa shape index (κ3) is 4.29. The molecule has 7 nitrogen and oxygen atoms in total. The molecule has 0 saturated carbocycles. The summed E-state index contributed by atoms with van der Waals surface area (Å²) in [4.78, 5) is 24.7. The molecule has 0 atom stereocenters. The molecule has 2 amide bonds. The van der Waals surface area contributed by atoms with Crippen molar-refractivity contribution in [3.05, 3.63) is 64.7 Å². The van der Waals surface area contributed by atoms with Gasteiger partial charge in [-0.2, -0.15) is 0 Å². The van der Waals surface area contributed by atoms with Crippen molar-refractivity contribution in [2.45, 2.75) is 11.8 Å². The van der Waals surface area contributed by atoms with Gasteiger partial charge in [0.2, 0.25) is 0 Å². The zero-order valence-electron chi connectivity index (χ0n) is 14.8. The van der Waals surface area contributed by atoms with Gasteiger partial charge in [-0.05, 0) is 48.9 Å². The minimum absolute atomic E-state index is 0.112. The fourth-order valence-electron chi connectivity index (χ4n) is 2.36. The summed E-state index contributed by atoms with van der Waals surface area (Å²) in [5.41, 5.74) is 0.318. The van der Waals surface area contributed by atoms with Crippen molar-refractivity contribution in [2.24, 2.45) is 0 Å². The Labute approximate surface area is 164 Å². The SMILES string of the molecule is Cc1cc(NC(=O)c2ccco2)sc1C(=O)Nc1cc(S(C)(=O)=O)ccc1F. The lowest BCUT2D eigenvalue weighted by atomic mass is 10.2. The van der Waals surface area contributed by atoms with E-state index in [2.05, 4.69) is 10.6 Å². The van der Waals surface area contributed by atoms with Gasteiger partial charge in [0.15, 0.2) is 15.6 Å². The number of hydrogen-bond donors (Lipinski definition) is 2. The zero-order chi connectivity index (χ0) is 20.5. The van der Waals surface area contributed by atoms with Gasteiger partial charge < -0.3 is 15.1 Å². The molecule has 2 N–H and O–H groups in total. The third-order valence-corrected chi connectivity index (χ3v) is 5.98. The van der Waals surface area contributed by atoms with Crippen molar-refractivity contribution >= 4 is 43.7 Å². The number of rotatable bonds is 5. The molecule has 0 aliphatic carbocycles. The largest absolute Gasteiger partial charge is 0.459 e. The molecule has 0 fully saturated rings. The summed E-state index contributed by atoms with van der Waals surface area (Å²) < 4.78 is 42.3. The Balaban J connectivity index is 1.80. The first-order valence-electron chi connectivity index (χ1n) is 7.91. The number of thiophene rings is 1. The summed E-state index contributed by atoms with van der Waals surface area (Å²) >= 11 is 1.00. The fraction of sp³-hybridized carbons (Fsp3) is 0.111. The monoisotopic (exact) mass is 422 g/mol. The normalized spacial score (nSPS) is 11.2. The summed E-state index contributed by atoms with van der Waals surface area (Å²) in [5.74, 6) is -1.73.